The fourth-order valence-corrected chi connectivity index (χ4v) is 4.64. The van der Waals surface area contributed by atoms with Crippen LogP contribution in [0.15, 0.2) is 53.0 Å². The number of carbonyl (C=O) groups is 2. The van der Waals surface area contributed by atoms with E-state index in [1.54, 1.807) is 12.1 Å². The summed E-state index contributed by atoms with van der Waals surface area (Å²) in [5.41, 5.74) is 0.00489. The van der Waals surface area contributed by atoms with Gasteiger partial charge in [-0.15, -0.1) is 0 Å². The maximum Gasteiger partial charge on any atom is 0.414 e. The maximum absolute atomic E-state index is 15.4. The van der Waals surface area contributed by atoms with Gasteiger partial charge in [0.2, 0.25) is 5.91 Å². The number of likely N-dealkylation sites (N-methyl/N-ethyl adjacent to an activating group) is 1. The Morgan fingerprint density at radius 3 is 2.34 bits per heavy atom. The van der Waals surface area contributed by atoms with Gasteiger partial charge < -0.3 is 10.2 Å². The van der Waals surface area contributed by atoms with Crippen molar-refractivity contribution in [3.8, 4) is 17.2 Å². The first-order valence-corrected chi connectivity index (χ1v) is 11.9. The molecule has 198 valence electrons. The topological polar surface area (TPSA) is 88.8 Å². The molecule has 0 saturated carbocycles. The van der Waals surface area contributed by atoms with Gasteiger partial charge in [0, 0.05) is 43.0 Å². The summed E-state index contributed by atoms with van der Waals surface area (Å²) >= 11 is 0. The third-order valence-corrected chi connectivity index (χ3v) is 6.94. The van der Waals surface area contributed by atoms with Gasteiger partial charge in [-0.1, -0.05) is 12.1 Å². The molecular weight excluding hydrogens is 502 g/mol. The summed E-state index contributed by atoms with van der Waals surface area (Å²) in [6.07, 6.45) is -3.95. The summed E-state index contributed by atoms with van der Waals surface area (Å²) in [7, 11) is 1.97. The number of piperazine rings is 1. The lowest BCUT2D eigenvalue weighted by Gasteiger charge is -2.44. The number of anilines is 2. The average molecular weight is 528 g/mol. The van der Waals surface area contributed by atoms with Crippen LogP contribution in [0.2, 0.25) is 0 Å². The van der Waals surface area contributed by atoms with Gasteiger partial charge in [-0.25, -0.2) is 9.38 Å². The van der Waals surface area contributed by atoms with Gasteiger partial charge in [-0.2, -0.15) is 18.4 Å². The first-order valence-electron chi connectivity index (χ1n) is 11.9. The Morgan fingerprint density at radius 1 is 1.13 bits per heavy atom. The molecule has 2 heterocycles. The quantitative estimate of drug-likeness (QED) is 0.590. The second kappa shape index (κ2) is 10.4. The van der Waals surface area contributed by atoms with E-state index >= 15 is 4.39 Å². The van der Waals surface area contributed by atoms with Gasteiger partial charge in [-0.05, 0) is 50.7 Å². The zero-order valence-corrected chi connectivity index (χ0v) is 20.9. The van der Waals surface area contributed by atoms with Crippen LogP contribution in [0.5, 0.6) is 0 Å². The standard InChI is InChI=1S/C27H25F4N5O2/c1-15-13-36(14-16(2)35(15)3)24-10-22(28)19(18-6-4-17(11-32)5-7-18)8-23(24)34-26(38)20-12-33-25(37)9-21(20)27(29,30)31/h4-10,12,15-16,20H,13-14H2,1-3H3,(H,34,38)/t15-,16+,20?. The third kappa shape index (κ3) is 5.45. The molecule has 2 aromatic rings. The molecule has 2 aliphatic heterocycles. The fraction of sp³-hybridized carbons (Fsp3) is 0.333. The van der Waals surface area contributed by atoms with Crippen LogP contribution < -0.4 is 10.2 Å². The van der Waals surface area contributed by atoms with Gasteiger partial charge in [-0.3, -0.25) is 14.5 Å². The Kier molecular flexibility index (Phi) is 7.37. The minimum absolute atomic E-state index is 0.0832. The largest absolute Gasteiger partial charge is 0.414 e. The van der Waals surface area contributed by atoms with Crippen molar-refractivity contribution >= 4 is 29.4 Å². The molecule has 0 bridgehead atoms. The van der Waals surface area contributed by atoms with E-state index < -0.39 is 35.3 Å². The highest BCUT2D eigenvalue weighted by atomic mass is 19.4. The van der Waals surface area contributed by atoms with Crippen LogP contribution in [0, 0.1) is 23.1 Å². The predicted molar refractivity (Wildman–Crippen MR) is 135 cm³/mol. The van der Waals surface area contributed by atoms with Gasteiger partial charge >= 0.3 is 6.18 Å². The van der Waals surface area contributed by atoms with Crippen LogP contribution >= 0.6 is 0 Å². The van der Waals surface area contributed by atoms with Gasteiger partial charge in [0.25, 0.3) is 5.91 Å². The van der Waals surface area contributed by atoms with E-state index in [0.29, 0.717) is 42.2 Å². The molecule has 2 amide bonds. The average Bonchev–Trinajstić information content (AvgIpc) is 2.87. The molecule has 11 heteroatoms. The number of carbonyl (C=O) groups excluding carboxylic acids is 2. The summed E-state index contributed by atoms with van der Waals surface area (Å²) < 4.78 is 56.3. The molecule has 38 heavy (non-hydrogen) atoms. The second-order valence-corrected chi connectivity index (χ2v) is 9.49. The first-order chi connectivity index (χ1) is 17.9. The van der Waals surface area contributed by atoms with Crippen LogP contribution in [0.3, 0.4) is 0 Å². The third-order valence-electron chi connectivity index (χ3n) is 6.94. The van der Waals surface area contributed by atoms with Crippen molar-refractivity contribution in [1.29, 1.82) is 5.26 Å². The predicted octanol–water partition coefficient (Wildman–Crippen LogP) is 4.55. The number of nitriles is 1. The number of nitrogens with zero attached hydrogens (tertiary/aromatic N) is 4. The normalized spacial score (nSPS) is 22.2. The van der Waals surface area contributed by atoms with E-state index in [1.165, 1.54) is 24.3 Å². The van der Waals surface area contributed by atoms with Crippen molar-refractivity contribution in [3.63, 3.8) is 0 Å². The van der Waals surface area contributed by atoms with Crippen LogP contribution in [0.1, 0.15) is 19.4 Å². The summed E-state index contributed by atoms with van der Waals surface area (Å²) in [6, 6.07) is 10.9. The number of dihydropyridines is 1. The molecular formula is C27H25F4N5O2. The summed E-state index contributed by atoms with van der Waals surface area (Å²) in [6.45, 7) is 4.98. The van der Waals surface area contributed by atoms with E-state index in [4.69, 9.17) is 5.26 Å². The molecule has 1 N–H and O–H groups in total. The Hall–Kier alpha value is -4.04. The number of aliphatic imine (C=N–C) groups is 1. The number of amides is 2. The molecule has 2 aromatic carbocycles. The van der Waals surface area contributed by atoms with Crippen LogP contribution in [0.25, 0.3) is 11.1 Å². The van der Waals surface area contributed by atoms with E-state index in [-0.39, 0.29) is 23.3 Å². The number of hydrogen-bond donors (Lipinski definition) is 1. The van der Waals surface area contributed by atoms with Crippen LogP contribution in [-0.4, -0.2) is 61.3 Å². The Balaban J connectivity index is 1.77. The molecule has 3 atom stereocenters. The highest BCUT2D eigenvalue weighted by molar-refractivity contribution is 6.11. The fourth-order valence-electron chi connectivity index (χ4n) is 4.64. The lowest BCUT2D eigenvalue weighted by Crippen LogP contribution is -2.55. The van der Waals surface area contributed by atoms with Crippen molar-refractivity contribution < 1.29 is 27.2 Å². The molecule has 0 radical (unpaired) electrons. The summed E-state index contributed by atoms with van der Waals surface area (Å²) in [5, 5.41) is 11.6. The van der Waals surface area contributed by atoms with Crippen molar-refractivity contribution in [1.82, 2.24) is 4.90 Å². The van der Waals surface area contributed by atoms with E-state index in [0.717, 1.165) is 0 Å². The molecule has 0 aliphatic carbocycles. The molecule has 0 aromatic heterocycles. The highest BCUT2D eigenvalue weighted by Gasteiger charge is 2.43. The van der Waals surface area contributed by atoms with Crippen molar-refractivity contribution in [2.75, 3.05) is 30.4 Å². The van der Waals surface area contributed by atoms with Crippen LogP contribution in [0.4, 0.5) is 28.9 Å². The van der Waals surface area contributed by atoms with Crippen molar-refractivity contribution in [3.05, 3.63) is 59.4 Å². The Labute approximate surface area is 217 Å². The number of alkyl halides is 3. The highest BCUT2D eigenvalue weighted by Crippen LogP contribution is 2.38. The second-order valence-electron chi connectivity index (χ2n) is 9.49. The van der Waals surface area contributed by atoms with Gasteiger partial charge in [0.1, 0.15) is 11.7 Å². The van der Waals surface area contributed by atoms with E-state index in [9.17, 15) is 22.8 Å². The molecule has 1 saturated heterocycles. The molecule has 1 fully saturated rings. The van der Waals surface area contributed by atoms with Gasteiger partial charge in [0.15, 0.2) is 0 Å². The van der Waals surface area contributed by atoms with E-state index in [1.807, 2.05) is 31.9 Å². The zero-order valence-electron chi connectivity index (χ0n) is 20.9. The molecule has 2 aliphatic rings. The number of rotatable bonds is 4. The number of benzene rings is 2. The van der Waals surface area contributed by atoms with Crippen molar-refractivity contribution in [2.24, 2.45) is 10.9 Å². The van der Waals surface area contributed by atoms with E-state index in [2.05, 4.69) is 15.2 Å². The first kappa shape index (κ1) is 27.0. The smallest absolute Gasteiger partial charge is 0.367 e. The SMILES string of the molecule is C[C@@H]1CN(c2cc(F)c(-c3ccc(C#N)cc3)cc2NC(=O)C2C=NC(=O)C=C2C(F)(F)F)C[C@H](C)N1C. The molecule has 4 rings (SSSR count). The minimum Gasteiger partial charge on any atom is -0.367 e. The lowest BCUT2D eigenvalue weighted by molar-refractivity contribution is -0.124. The molecule has 0 spiro atoms. The maximum atomic E-state index is 15.4. The Bertz CT molecular complexity index is 1350. The molecule has 1 unspecified atom stereocenters. The minimum atomic E-state index is -4.92. The zero-order chi connectivity index (χ0) is 27.8. The Morgan fingerprint density at radius 2 is 1.76 bits per heavy atom. The number of nitrogens with one attached hydrogen (secondary N) is 1. The lowest BCUT2D eigenvalue weighted by atomic mass is 9.95. The van der Waals surface area contributed by atoms with Gasteiger partial charge in [0.05, 0.1) is 28.6 Å². The van der Waals surface area contributed by atoms with Crippen molar-refractivity contribution in [2.45, 2.75) is 32.1 Å². The summed E-state index contributed by atoms with van der Waals surface area (Å²) in [5.74, 6) is -4.61. The molecule has 7 nitrogen and oxygen atoms in total. The van der Waals surface area contributed by atoms with Crippen LogP contribution in [-0.2, 0) is 9.59 Å². The number of hydrogen-bond acceptors (Lipinski definition) is 5. The number of halogens is 4. The summed E-state index contributed by atoms with van der Waals surface area (Å²) in [4.78, 5) is 32.1. The monoisotopic (exact) mass is 527 g/mol.